The topological polar surface area (TPSA) is 69.3 Å². The van der Waals surface area contributed by atoms with Gasteiger partial charge in [0.2, 0.25) is 0 Å². The first-order valence-corrected chi connectivity index (χ1v) is 8.79. The lowest BCUT2D eigenvalue weighted by molar-refractivity contribution is 0.0567. The van der Waals surface area contributed by atoms with E-state index in [1.54, 1.807) is 18.3 Å². The van der Waals surface area contributed by atoms with Crippen molar-refractivity contribution < 1.29 is 4.79 Å². The lowest BCUT2D eigenvalue weighted by Gasteiger charge is -2.39. The summed E-state index contributed by atoms with van der Waals surface area (Å²) in [7, 11) is 0. The molecule has 0 bridgehead atoms. The van der Waals surface area contributed by atoms with Gasteiger partial charge >= 0.3 is 0 Å². The second-order valence-corrected chi connectivity index (χ2v) is 6.38. The predicted molar refractivity (Wildman–Crippen MR) is 96.3 cm³/mol. The molecule has 3 heterocycles. The van der Waals surface area contributed by atoms with Gasteiger partial charge in [-0.1, -0.05) is 6.92 Å². The zero-order valence-electron chi connectivity index (χ0n) is 14.5. The molecule has 6 nitrogen and oxygen atoms in total. The highest BCUT2D eigenvalue weighted by Gasteiger charge is 2.28. The van der Waals surface area contributed by atoms with Crippen molar-refractivity contribution in [2.45, 2.75) is 32.4 Å². The minimum Gasteiger partial charge on any atom is -0.337 e. The Morgan fingerprint density at radius 1 is 1.36 bits per heavy atom. The number of carbonyl (C=O) groups excluding carboxylic acids is 1. The molecular weight excluding hydrogens is 316 g/mol. The van der Waals surface area contributed by atoms with E-state index in [9.17, 15) is 9.59 Å². The number of pyridine rings is 2. The van der Waals surface area contributed by atoms with E-state index in [1.165, 1.54) is 5.56 Å². The largest absolute Gasteiger partial charge is 0.337 e. The smallest absolute Gasteiger partial charge is 0.260 e. The Bertz CT molecular complexity index is 759. The van der Waals surface area contributed by atoms with Crippen molar-refractivity contribution in [1.82, 2.24) is 19.8 Å². The van der Waals surface area contributed by atoms with Gasteiger partial charge in [0, 0.05) is 44.3 Å². The molecule has 0 aromatic carbocycles. The first-order chi connectivity index (χ1) is 12.2. The molecule has 2 aromatic heterocycles. The third-order valence-electron chi connectivity index (χ3n) is 4.79. The van der Waals surface area contributed by atoms with Crippen LogP contribution < -0.4 is 5.56 Å². The van der Waals surface area contributed by atoms with E-state index in [4.69, 9.17) is 0 Å². The number of hydrogen-bond acceptors (Lipinski definition) is 4. The van der Waals surface area contributed by atoms with Crippen LogP contribution in [0.1, 0.15) is 35.7 Å². The third-order valence-corrected chi connectivity index (χ3v) is 4.79. The van der Waals surface area contributed by atoms with Crippen molar-refractivity contribution in [1.29, 1.82) is 0 Å². The van der Waals surface area contributed by atoms with Crippen LogP contribution in [-0.2, 0) is 6.54 Å². The Balaban J connectivity index is 1.70. The molecule has 1 atom stereocenters. The number of nitrogens with one attached hydrogen (secondary N) is 1. The molecule has 1 fully saturated rings. The van der Waals surface area contributed by atoms with Crippen LogP contribution >= 0.6 is 0 Å². The standard InChI is InChI=1S/C19H24N4O2/c1-2-22(13-15-7-10-20-11-8-15)16-5-4-12-23(14-16)19(25)17-6-3-9-21-18(17)24/h3,6-11,16H,2,4-5,12-14H2,1H3,(H,21,24)/t16-/m0/s1. The molecule has 2 aromatic rings. The molecule has 0 aliphatic carbocycles. The molecule has 3 rings (SSSR count). The molecule has 0 spiro atoms. The summed E-state index contributed by atoms with van der Waals surface area (Å²) in [6.07, 6.45) is 7.18. The Labute approximate surface area is 147 Å². The molecule has 1 amide bonds. The monoisotopic (exact) mass is 340 g/mol. The number of aromatic amines is 1. The minimum absolute atomic E-state index is 0.175. The van der Waals surface area contributed by atoms with Gasteiger partial charge in [-0.15, -0.1) is 0 Å². The van der Waals surface area contributed by atoms with Gasteiger partial charge in [-0.05, 0) is 49.2 Å². The van der Waals surface area contributed by atoms with Crippen LogP contribution in [0.3, 0.4) is 0 Å². The fraction of sp³-hybridized carbons (Fsp3) is 0.421. The molecule has 132 valence electrons. The van der Waals surface area contributed by atoms with Gasteiger partial charge < -0.3 is 9.88 Å². The fourth-order valence-corrected chi connectivity index (χ4v) is 3.42. The summed E-state index contributed by atoms with van der Waals surface area (Å²) < 4.78 is 0. The molecular formula is C19H24N4O2. The maximum Gasteiger partial charge on any atom is 0.260 e. The summed E-state index contributed by atoms with van der Waals surface area (Å²) >= 11 is 0. The van der Waals surface area contributed by atoms with Crippen molar-refractivity contribution in [3.05, 3.63) is 64.3 Å². The van der Waals surface area contributed by atoms with Crippen LogP contribution in [-0.4, -0.2) is 51.4 Å². The van der Waals surface area contributed by atoms with E-state index in [-0.39, 0.29) is 17.0 Å². The summed E-state index contributed by atoms with van der Waals surface area (Å²) in [6.45, 7) is 5.27. The molecule has 0 radical (unpaired) electrons. The Morgan fingerprint density at radius 2 is 2.16 bits per heavy atom. The Morgan fingerprint density at radius 3 is 2.88 bits per heavy atom. The molecule has 0 saturated carbocycles. The molecule has 0 unspecified atom stereocenters. The lowest BCUT2D eigenvalue weighted by Crippen LogP contribution is -2.50. The zero-order chi connectivity index (χ0) is 17.6. The van der Waals surface area contributed by atoms with E-state index in [0.717, 1.165) is 25.9 Å². The van der Waals surface area contributed by atoms with Crippen molar-refractivity contribution in [2.75, 3.05) is 19.6 Å². The third kappa shape index (κ3) is 4.14. The molecule has 1 saturated heterocycles. The fourth-order valence-electron chi connectivity index (χ4n) is 3.42. The number of rotatable bonds is 5. The van der Waals surface area contributed by atoms with Crippen LogP contribution in [0.2, 0.25) is 0 Å². The van der Waals surface area contributed by atoms with Gasteiger partial charge in [-0.25, -0.2) is 0 Å². The van der Waals surface area contributed by atoms with Gasteiger partial charge in [0.15, 0.2) is 0 Å². The second-order valence-electron chi connectivity index (χ2n) is 6.38. The average molecular weight is 340 g/mol. The second kappa shape index (κ2) is 8.07. The Kier molecular flexibility index (Phi) is 5.60. The summed E-state index contributed by atoms with van der Waals surface area (Å²) in [5, 5.41) is 0. The van der Waals surface area contributed by atoms with Crippen molar-refractivity contribution in [3.63, 3.8) is 0 Å². The first-order valence-electron chi connectivity index (χ1n) is 8.79. The van der Waals surface area contributed by atoms with Gasteiger partial charge in [0.25, 0.3) is 11.5 Å². The zero-order valence-corrected chi connectivity index (χ0v) is 14.5. The summed E-state index contributed by atoms with van der Waals surface area (Å²) in [4.78, 5) is 35.5. The quantitative estimate of drug-likeness (QED) is 0.902. The number of carbonyl (C=O) groups is 1. The SMILES string of the molecule is CCN(Cc1ccncc1)[C@H]1CCCN(C(=O)c2ccc[nH]c2=O)C1. The highest BCUT2D eigenvalue weighted by Crippen LogP contribution is 2.19. The summed E-state index contributed by atoms with van der Waals surface area (Å²) in [5.41, 5.74) is 1.12. The van der Waals surface area contributed by atoms with E-state index in [2.05, 4.69) is 21.8 Å². The highest BCUT2D eigenvalue weighted by molar-refractivity contribution is 5.93. The molecule has 1 aliphatic rings. The van der Waals surface area contributed by atoms with E-state index < -0.39 is 0 Å². The normalized spacial score (nSPS) is 17.7. The van der Waals surface area contributed by atoms with Crippen LogP contribution in [0, 0.1) is 0 Å². The maximum absolute atomic E-state index is 12.7. The van der Waals surface area contributed by atoms with Gasteiger partial charge in [0.1, 0.15) is 5.56 Å². The van der Waals surface area contributed by atoms with Gasteiger partial charge in [-0.3, -0.25) is 19.5 Å². The number of amides is 1. The lowest BCUT2D eigenvalue weighted by atomic mass is 10.0. The first kappa shape index (κ1) is 17.4. The van der Waals surface area contributed by atoms with Crippen molar-refractivity contribution in [2.24, 2.45) is 0 Å². The van der Waals surface area contributed by atoms with E-state index in [0.29, 0.717) is 19.1 Å². The molecule has 1 aliphatic heterocycles. The predicted octanol–water partition coefficient (Wildman–Crippen LogP) is 1.90. The van der Waals surface area contributed by atoms with Crippen LogP contribution in [0.25, 0.3) is 0 Å². The Hall–Kier alpha value is -2.47. The molecule has 25 heavy (non-hydrogen) atoms. The average Bonchev–Trinajstić information content (AvgIpc) is 2.67. The molecule has 1 N–H and O–H groups in total. The van der Waals surface area contributed by atoms with Gasteiger partial charge in [-0.2, -0.15) is 0 Å². The molecule has 6 heteroatoms. The highest BCUT2D eigenvalue weighted by atomic mass is 16.2. The van der Waals surface area contributed by atoms with Crippen molar-refractivity contribution in [3.8, 4) is 0 Å². The summed E-state index contributed by atoms with van der Waals surface area (Å²) in [6, 6.07) is 7.64. The maximum atomic E-state index is 12.7. The number of piperidine rings is 1. The van der Waals surface area contributed by atoms with E-state index >= 15 is 0 Å². The summed E-state index contributed by atoms with van der Waals surface area (Å²) in [5.74, 6) is -0.175. The number of aromatic nitrogens is 2. The number of likely N-dealkylation sites (tertiary alicyclic amines) is 1. The van der Waals surface area contributed by atoms with Crippen molar-refractivity contribution >= 4 is 5.91 Å². The van der Waals surface area contributed by atoms with Crippen LogP contribution in [0.4, 0.5) is 0 Å². The number of H-pyrrole nitrogens is 1. The number of likely N-dealkylation sites (N-methyl/N-ethyl adjacent to an activating group) is 1. The number of nitrogens with zero attached hydrogens (tertiary/aromatic N) is 3. The van der Waals surface area contributed by atoms with Gasteiger partial charge in [0.05, 0.1) is 0 Å². The minimum atomic E-state index is -0.321. The van der Waals surface area contributed by atoms with E-state index in [1.807, 2.05) is 29.4 Å². The van der Waals surface area contributed by atoms with Crippen LogP contribution in [0.15, 0.2) is 47.7 Å². The number of hydrogen-bond donors (Lipinski definition) is 1. The van der Waals surface area contributed by atoms with Crippen LogP contribution in [0.5, 0.6) is 0 Å².